The second kappa shape index (κ2) is 4.97. The highest BCUT2D eigenvalue weighted by Gasteiger charge is 2.44. The van der Waals surface area contributed by atoms with Crippen LogP contribution in [0, 0.1) is 0 Å². The van der Waals surface area contributed by atoms with Crippen molar-refractivity contribution >= 4 is 5.97 Å². The molecule has 98 valence electrons. The molecule has 0 spiro atoms. The Balaban J connectivity index is 2.08. The fraction of sp³-hybridized carbons (Fsp3) is 0.929. The van der Waals surface area contributed by atoms with Gasteiger partial charge in [0.15, 0.2) is 0 Å². The maximum Gasteiger partial charge on any atom is 0.323 e. The molecule has 2 N–H and O–H groups in total. The van der Waals surface area contributed by atoms with E-state index in [1.54, 1.807) is 0 Å². The number of hydrogen-bond donors (Lipinski definition) is 2. The molecule has 3 nitrogen and oxygen atoms in total. The summed E-state index contributed by atoms with van der Waals surface area (Å²) in [5.74, 6) is -0.635. The van der Waals surface area contributed by atoms with Crippen LogP contribution in [0.4, 0.5) is 0 Å². The molecule has 0 unspecified atom stereocenters. The van der Waals surface area contributed by atoms with E-state index in [2.05, 4.69) is 12.2 Å². The number of carboxylic acid groups (broad SMARTS) is 1. The topological polar surface area (TPSA) is 49.3 Å². The molecule has 0 amide bonds. The molecule has 17 heavy (non-hydrogen) atoms. The van der Waals surface area contributed by atoms with Crippen molar-refractivity contribution in [3.8, 4) is 0 Å². The van der Waals surface area contributed by atoms with Crippen molar-refractivity contribution in [2.45, 2.75) is 82.2 Å². The summed E-state index contributed by atoms with van der Waals surface area (Å²) in [5.41, 5.74) is -0.585. The lowest BCUT2D eigenvalue weighted by Crippen LogP contribution is -2.62. The Morgan fingerprint density at radius 3 is 1.88 bits per heavy atom. The van der Waals surface area contributed by atoms with Crippen LogP contribution >= 0.6 is 0 Å². The van der Waals surface area contributed by atoms with E-state index < -0.39 is 11.5 Å². The minimum Gasteiger partial charge on any atom is -0.480 e. The van der Waals surface area contributed by atoms with Crippen LogP contribution < -0.4 is 5.32 Å². The highest BCUT2D eigenvalue weighted by atomic mass is 16.4. The predicted molar refractivity (Wildman–Crippen MR) is 68.1 cm³/mol. The van der Waals surface area contributed by atoms with Crippen molar-refractivity contribution in [1.29, 1.82) is 0 Å². The number of aliphatic carboxylic acids is 1. The molecule has 0 aromatic heterocycles. The average molecular weight is 239 g/mol. The first-order valence-corrected chi connectivity index (χ1v) is 7.09. The van der Waals surface area contributed by atoms with Gasteiger partial charge in [-0.2, -0.15) is 0 Å². The van der Waals surface area contributed by atoms with Gasteiger partial charge in [0.2, 0.25) is 0 Å². The zero-order chi connectivity index (χ0) is 12.4. The van der Waals surface area contributed by atoms with E-state index >= 15 is 0 Å². The van der Waals surface area contributed by atoms with Crippen molar-refractivity contribution in [2.75, 3.05) is 0 Å². The van der Waals surface area contributed by atoms with E-state index in [4.69, 9.17) is 0 Å². The molecule has 2 fully saturated rings. The number of carboxylic acids is 1. The van der Waals surface area contributed by atoms with Crippen molar-refractivity contribution in [2.24, 2.45) is 0 Å². The number of rotatable bonds is 3. The van der Waals surface area contributed by atoms with Gasteiger partial charge < -0.3 is 5.11 Å². The Bertz CT molecular complexity index is 276. The molecule has 2 aliphatic rings. The molecule has 0 heterocycles. The average Bonchev–Trinajstić information content (AvgIpc) is 2.30. The summed E-state index contributed by atoms with van der Waals surface area (Å²) in [6.45, 7) is 2.21. The van der Waals surface area contributed by atoms with Crippen LogP contribution in [0.1, 0.15) is 71.1 Å². The molecule has 0 radical (unpaired) electrons. The second-order valence-electron chi connectivity index (χ2n) is 6.19. The Kier molecular flexibility index (Phi) is 3.76. The molecule has 0 atom stereocenters. The van der Waals surface area contributed by atoms with Crippen molar-refractivity contribution < 1.29 is 9.90 Å². The maximum absolute atomic E-state index is 11.6. The van der Waals surface area contributed by atoms with Crippen LogP contribution in [0.15, 0.2) is 0 Å². The molecule has 0 bridgehead atoms. The van der Waals surface area contributed by atoms with Crippen molar-refractivity contribution in [3.63, 3.8) is 0 Å². The highest BCUT2D eigenvalue weighted by molar-refractivity contribution is 5.79. The van der Waals surface area contributed by atoms with Crippen molar-refractivity contribution in [3.05, 3.63) is 0 Å². The summed E-state index contributed by atoms with van der Waals surface area (Å²) in [6.07, 6.45) is 10.9. The van der Waals surface area contributed by atoms with Crippen molar-refractivity contribution in [1.82, 2.24) is 5.32 Å². The summed E-state index contributed by atoms with van der Waals surface area (Å²) >= 11 is 0. The Hall–Kier alpha value is -0.570. The smallest absolute Gasteiger partial charge is 0.323 e. The Morgan fingerprint density at radius 2 is 1.41 bits per heavy atom. The normalized spacial score (nSPS) is 27.6. The monoisotopic (exact) mass is 239 g/mol. The Morgan fingerprint density at radius 1 is 0.941 bits per heavy atom. The molecule has 0 aliphatic heterocycles. The van der Waals surface area contributed by atoms with Gasteiger partial charge in [0.25, 0.3) is 0 Å². The second-order valence-corrected chi connectivity index (χ2v) is 6.19. The number of carbonyl (C=O) groups is 1. The molecular weight excluding hydrogens is 214 g/mol. The van der Waals surface area contributed by atoms with Gasteiger partial charge in [-0.05, 0) is 32.6 Å². The van der Waals surface area contributed by atoms with E-state index in [1.807, 2.05) is 0 Å². The third-order valence-electron chi connectivity index (χ3n) is 4.61. The molecule has 0 saturated heterocycles. The van der Waals surface area contributed by atoms with Gasteiger partial charge >= 0.3 is 5.97 Å². The van der Waals surface area contributed by atoms with Crippen LogP contribution in [-0.4, -0.2) is 22.2 Å². The summed E-state index contributed by atoms with van der Waals surface area (Å²) < 4.78 is 0. The van der Waals surface area contributed by atoms with Crippen LogP contribution in [0.5, 0.6) is 0 Å². The maximum atomic E-state index is 11.6. The van der Waals surface area contributed by atoms with Gasteiger partial charge in [-0.15, -0.1) is 0 Å². The molecule has 2 saturated carbocycles. The van der Waals surface area contributed by atoms with Gasteiger partial charge in [-0.1, -0.05) is 38.5 Å². The zero-order valence-electron chi connectivity index (χ0n) is 10.9. The summed E-state index contributed by atoms with van der Waals surface area (Å²) in [4.78, 5) is 11.6. The van der Waals surface area contributed by atoms with Crippen LogP contribution in [0.3, 0.4) is 0 Å². The van der Waals surface area contributed by atoms with E-state index in [1.165, 1.54) is 25.7 Å². The standard InChI is InChI=1S/C14H25NO2/c1-13(8-4-2-5-9-13)15-14(12(16)17)10-6-3-7-11-14/h15H,2-11H2,1H3,(H,16,17). The van der Waals surface area contributed by atoms with Gasteiger partial charge in [0, 0.05) is 5.54 Å². The van der Waals surface area contributed by atoms with Gasteiger partial charge in [-0.25, -0.2) is 0 Å². The van der Waals surface area contributed by atoms with Gasteiger partial charge in [0.05, 0.1) is 0 Å². The largest absolute Gasteiger partial charge is 0.480 e. The summed E-state index contributed by atoms with van der Waals surface area (Å²) in [5, 5.41) is 13.1. The molecule has 3 heteroatoms. The molecule has 2 rings (SSSR count). The molecule has 0 aromatic rings. The lowest BCUT2D eigenvalue weighted by Gasteiger charge is -2.44. The molecule has 2 aliphatic carbocycles. The lowest BCUT2D eigenvalue weighted by atomic mass is 9.76. The van der Waals surface area contributed by atoms with E-state index in [0.29, 0.717) is 0 Å². The zero-order valence-corrected chi connectivity index (χ0v) is 10.9. The van der Waals surface area contributed by atoms with Gasteiger partial charge in [0.1, 0.15) is 5.54 Å². The van der Waals surface area contributed by atoms with Crippen LogP contribution in [0.2, 0.25) is 0 Å². The minimum absolute atomic E-state index is 0.0496. The SMILES string of the molecule is CC1(NC2(C(=O)O)CCCCC2)CCCCC1. The number of hydrogen-bond acceptors (Lipinski definition) is 2. The van der Waals surface area contributed by atoms with E-state index in [-0.39, 0.29) is 5.54 Å². The first kappa shape index (κ1) is 12.9. The predicted octanol–water partition coefficient (Wildman–Crippen LogP) is 3.09. The lowest BCUT2D eigenvalue weighted by molar-refractivity contribution is -0.147. The first-order chi connectivity index (χ1) is 8.06. The van der Waals surface area contributed by atoms with Crippen LogP contribution in [-0.2, 0) is 4.79 Å². The Labute approximate surface area is 104 Å². The van der Waals surface area contributed by atoms with E-state index in [0.717, 1.165) is 38.5 Å². The van der Waals surface area contributed by atoms with Gasteiger partial charge in [-0.3, -0.25) is 10.1 Å². The summed E-state index contributed by atoms with van der Waals surface area (Å²) in [7, 11) is 0. The third-order valence-corrected chi connectivity index (χ3v) is 4.61. The fourth-order valence-corrected chi connectivity index (χ4v) is 3.58. The fourth-order valence-electron chi connectivity index (χ4n) is 3.58. The first-order valence-electron chi connectivity index (χ1n) is 7.09. The minimum atomic E-state index is -0.635. The van der Waals surface area contributed by atoms with Crippen LogP contribution in [0.25, 0.3) is 0 Å². The number of nitrogens with one attached hydrogen (secondary N) is 1. The van der Waals surface area contributed by atoms with E-state index in [9.17, 15) is 9.90 Å². The molecule has 0 aromatic carbocycles. The quantitative estimate of drug-likeness (QED) is 0.795. The highest BCUT2D eigenvalue weighted by Crippen LogP contribution is 2.35. The summed E-state index contributed by atoms with van der Waals surface area (Å²) in [6, 6.07) is 0. The molecular formula is C14H25NO2. The third kappa shape index (κ3) is 2.82.